The first-order valence-corrected chi connectivity index (χ1v) is 8.34. The second-order valence-corrected chi connectivity index (χ2v) is 6.65. The second-order valence-electron chi connectivity index (χ2n) is 6.65. The number of aromatic amines is 1. The van der Waals surface area contributed by atoms with Crippen molar-refractivity contribution < 1.29 is 14.3 Å². The molecule has 0 saturated carbocycles. The highest BCUT2D eigenvalue weighted by atomic mass is 16.5. The van der Waals surface area contributed by atoms with E-state index in [4.69, 9.17) is 4.74 Å². The molecule has 0 aliphatic heterocycles. The van der Waals surface area contributed by atoms with Crippen molar-refractivity contribution in [2.75, 3.05) is 0 Å². The number of ether oxygens (including phenoxy) is 1. The van der Waals surface area contributed by atoms with Crippen molar-refractivity contribution in [1.82, 2.24) is 9.88 Å². The molecule has 1 unspecified atom stereocenters. The maximum atomic E-state index is 12.6. The van der Waals surface area contributed by atoms with Crippen LogP contribution in [0.5, 0.6) is 0 Å². The van der Waals surface area contributed by atoms with Gasteiger partial charge in [0.25, 0.3) is 5.91 Å². The minimum absolute atomic E-state index is 0.0495. The first kappa shape index (κ1) is 18.0. The van der Waals surface area contributed by atoms with Gasteiger partial charge in [-0.3, -0.25) is 4.79 Å². The van der Waals surface area contributed by atoms with Crippen LogP contribution in [0.1, 0.15) is 50.7 Å². The number of para-hydroxylation sites is 1. The Bertz CT molecular complexity index is 738. The smallest absolute Gasteiger partial charge is 0.341 e. The van der Waals surface area contributed by atoms with Gasteiger partial charge in [-0.1, -0.05) is 18.2 Å². The number of aryl methyl sites for hydroxylation is 1. The first-order valence-electron chi connectivity index (χ1n) is 8.34. The van der Waals surface area contributed by atoms with E-state index < -0.39 is 12.1 Å². The topological polar surface area (TPSA) is 62.4 Å². The molecule has 0 spiro atoms. The van der Waals surface area contributed by atoms with Gasteiger partial charge in [-0.25, -0.2) is 4.79 Å². The summed E-state index contributed by atoms with van der Waals surface area (Å²) >= 11 is 0. The summed E-state index contributed by atoms with van der Waals surface area (Å²) in [7, 11) is 0. The van der Waals surface area contributed by atoms with Gasteiger partial charge < -0.3 is 14.6 Å². The van der Waals surface area contributed by atoms with Crippen molar-refractivity contribution >= 4 is 22.8 Å². The molecule has 0 aliphatic carbocycles. The van der Waals surface area contributed by atoms with Crippen LogP contribution >= 0.6 is 0 Å². The Morgan fingerprint density at radius 1 is 1.04 bits per heavy atom. The number of hydrogen-bond donors (Lipinski definition) is 1. The molecule has 2 aromatic rings. The molecule has 2 rings (SSSR count). The average Bonchev–Trinajstić information content (AvgIpc) is 2.81. The largest absolute Gasteiger partial charge is 0.449 e. The van der Waals surface area contributed by atoms with E-state index in [1.807, 2.05) is 58.9 Å². The molecule has 0 fully saturated rings. The zero-order chi connectivity index (χ0) is 18.0. The highest BCUT2D eigenvalue weighted by Crippen LogP contribution is 2.23. The Morgan fingerprint density at radius 3 is 2.21 bits per heavy atom. The third-order valence-corrected chi connectivity index (χ3v) is 4.10. The van der Waals surface area contributed by atoms with Crippen molar-refractivity contribution in [3.63, 3.8) is 0 Å². The number of aromatic nitrogens is 1. The van der Waals surface area contributed by atoms with Crippen molar-refractivity contribution in [2.45, 2.75) is 59.7 Å². The summed E-state index contributed by atoms with van der Waals surface area (Å²) in [5.41, 5.74) is 2.11. The maximum Gasteiger partial charge on any atom is 0.341 e. The predicted octanol–water partition coefficient (Wildman–Crippen LogP) is 3.67. The number of carbonyl (C=O) groups excluding carboxylic acids is 2. The van der Waals surface area contributed by atoms with E-state index in [0.29, 0.717) is 5.56 Å². The quantitative estimate of drug-likeness (QED) is 0.851. The van der Waals surface area contributed by atoms with Crippen LogP contribution in [0.2, 0.25) is 0 Å². The number of amides is 1. The Kier molecular flexibility index (Phi) is 5.32. The molecular weight excluding hydrogens is 304 g/mol. The molecule has 0 bridgehead atoms. The summed E-state index contributed by atoms with van der Waals surface area (Å²) in [6, 6.07) is 7.66. The lowest BCUT2D eigenvalue weighted by Crippen LogP contribution is -2.47. The first-order chi connectivity index (χ1) is 11.2. The van der Waals surface area contributed by atoms with E-state index in [1.165, 1.54) is 0 Å². The van der Waals surface area contributed by atoms with E-state index in [-0.39, 0.29) is 18.0 Å². The van der Waals surface area contributed by atoms with Gasteiger partial charge in [0.05, 0.1) is 5.56 Å². The Morgan fingerprint density at radius 2 is 1.62 bits per heavy atom. The van der Waals surface area contributed by atoms with Gasteiger partial charge in [0.15, 0.2) is 6.10 Å². The zero-order valence-electron chi connectivity index (χ0n) is 15.2. The lowest BCUT2D eigenvalue weighted by atomic mass is 10.1. The monoisotopic (exact) mass is 330 g/mol. The molecule has 1 aromatic carbocycles. The fourth-order valence-electron chi connectivity index (χ4n) is 3.12. The van der Waals surface area contributed by atoms with E-state index in [2.05, 4.69) is 4.98 Å². The van der Waals surface area contributed by atoms with Crippen LogP contribution in [0.25, 0.3) is 10.9 Å². The number of esters is 1. The van der Waals surface area contributed by atoms with E-state index in [0.717, 1.165) is 16.6 Å². The molecule has 1 heterocycles. The van der Waals surface area contributed by atoms with Crippen molar-refractivity contribution in [1.29, 1.82) is 0 Å². The molecule has 0 radical (unpaired) electrons. The Balaban J connectivity index is 2.22. The standard InChI is InChI=1S/C19H26N2O3/c1-11(2)21(12(3)4)18(22)14(6)24-19(23)17-13(5)20-16-10-8-7-9-15(16)17/h7-12,14,20H,1-6H3. The van der Waals surface area contributed by atoms with Crippen LogP contribution in [0.15, 0.2) is 24.3 Å². The van der Waals surface area contributed by atoms with Gasteiger partial charge in [0, 0.05) is 28.7 Å². The van der Waals surface area contributed by atoms with Crippen molar-refractivity contribution in [3.8, 4) is 0 Å². The highest BCUT2D eigenvalue weighted by molar-refractivity contribution is 6.06. The molecule has 130 valence electrons. The van der Waals surface area contributed by atoms with Crippen LogP contribution in [-0.2, 0) is 9.53 Å². The Labute approximate surface area is 143 Å². The average molecular weight is 330 g/mol. The van der Waals surface area contributed by atoms with Gasteiger partial charge in [0.2, 0.25) is 0 Å². The molecular formula is C19H26N2O3. The van der Waals surface area contributed by atoms with Crippen molar-refractivity contribution in [3.05, 3.63) is 35.5 Å². The number of carbonyl (C=O) groups is 2. The number of nitrogens with zero attached hydrogens (tertiary/aromatic N) is 1. The normalized spacial score (nSPS) is 12.7. The molecule has 5 heteroatoms. The van der Waals surface area contributed by atoms with Gasteiger partial charge in [-0.05, 0) is 47.6 Å². The fraction of sp³-hybridized carbons (Fsp3) is 0.474. The molecule has 1 N–H and O–H groups in total. The molecule has 24 heavy (non-hydrogen) atoms. The van der Waals surface area contributed by atoms with Crippen LogP contribution < -0.4 is 0 Å². The van der Waals surface area contributed by atoms with Gasteiger partial charge >= 0.3 is 5.97 Å². The number of nitrogens with one attached hydrogen (secondary N) is 1. The molecule has 0 saturated heterocycles. The number of fused-ring (bicyclic) bond motifs is 1. The fourth-order valence-corrected chi connectivity index (χ4v) is 3.12. The molecule has 0 aliphatic rings. The van der Waals surface area contributed by atoms with Crippen LogP contribution in [0, 0.1) is 6.92 Å². The second kappa shape index (κ2) is 7.07. The summed E-state index contributed by atoms with van der Waals surface area (Å²) in [5, 5.41) is 0.809. The Hall–Kier alpha value is -2.30. The highest BCUT2D eigenvalue weighted by Gasteiger charge is 2.29. The number of benzene rings is 1. The van der Waals surface area contributed by atoms with Gasteiger partial charge in [0.1, 0.15) is 0 Å². The number of rotatable bonds is 5. The summed E-state index contributed by atoms with van der Waals surface area (Å²) < 4.78 is 5.48. The van der Waals surface area contributed by atoms with Crippen LogP contribution in [0.4, 0.5) is 0 Å². The SMILES string of the molecule is Cc1[nH]c2ccccc2c1C(=O)OC(C)C(=O)N(C(C)C)C(C)C. The minimum Gasteiger partial charge on any atom is -0.449 e. The van der Waals surface area contributed by atoms with Gasteiger partial charge in [-0.15, -0.1) is 0 Å². The van der Waals surface area contributed by atoms with E-state index in [1.54, 1.807) is 11.8 Å². The molecule has 1 aromatic heterocycles. The number of H-pyrrole nitrogens is 1. The van der Waals surface area contributed by atoms with Crippen LogP contribution in [0.3, 0.4) is 0 Å². The summed E-state index contributed by atoms with van der Waals surface area (Å²) in [6.07, 6.45) is -0.824. The van der Waals surface area contributed by atoms with E-state index in [9.17, 15) is 9.59 Å². The lowest BCUT2D eigenvalue weighted by molar-refractivity contribution is -0.143. The lowest BCUT2D eigenvalue weighted by Gasteiger charge is -2.32. The summed E-state index contributed by atoms with van der Waals surface area (Å²) in [5.74, 6) is -0.649. The predicted molar refractivity (Wildman–Crippen MR) is 95.0 cm³/mol. The number of hydrogen-bond acceptors (Lipinski definition) is 3. The third-order valence-electron chi connectivity index (χ3n) is 4.10. The van der Waals surface area contributed by atoms with Crippen LogP contribution in [-0.4, -0.2) is 39.9 Å². The van der Waals surface area contributed by atoms with E-state index >= 15 is 0 Å². The summed E-state index contributed by atoms with van der Waals surface area (Å²) in [4.78, 5) is 30.1. The van der Waals surface area contributed by atoms with Gasteiger partial charge in [-0.2, -0.15) is 0 Å². The third kappa shape index (κ3) is 3.45. The maximum absolute atomic E-state index is 12.6. The zero-order valence-corrected chi connectivity index (χ0v) is 15.2. The minimum atomic E-state index is -0.824. The van der Waals surface area contributed by atoms with Crippen molar-refractivity contribution in [2.24, 2.45) is 0 Å². The molecule has 5 nitrogen and oxygen atoms in total. The molecule has 1 amide bonds. The molecule has 1 atom stereocenters. The summed E-state index contributed by atoms with van der Waals surface area (Å²) in [6.45, 7) is 11.3.